The summed E-state index contributed by atoms with van der Waals surface area (Å²) in [4.78, 5) is 26.3. The molecular weight excluding hydrogens is 408 g/mol. The van der Waals surface area contributed by atoms with Gasteiger partial charge < -0.3 is 14.0 Å². The van der Waals surface area contributed by atoms with Crippen LogP contribution in [-0.2, 0) is 22.6 Å². The van der Waals surface area contributed by atoms with Gasteiger partial charge in [-0.05, 0) is 62.4 Å². The van der Waals surface area contributed by atoms with Crippen molar-refractivity contribution < 1.29 is 23.6 Å². The van der Waals surface area contributed by atoms with Crippen molar-refractivity contribution in [2.24, 2.45) is 5.92 Å². The van der Waals surface area contributed by atoms with E-state index in [1.54, 1.807) is 12.1 Å². The molecule has 0 N–H and O–H groups in total. The first-order chi connectivity index (χ1) is 15.7. The highest BCUT2D eigenvalue weighted by molar-refractivity contribution is 5.99. The molecule has 164 valence electrons. The highest BCUT2D eigenvalue weighted by Gasteiger charge is 2.25. The summed E-state index contributed by atoms with van der Waals surface area (Å²) in [6, 6.07) is 13.8. The Morgan fingerprint density at radius 2 is 1.69 bits per heavy atom. The number of carbonyl (C=O) groups excluding carboxylic acids is 2. The number of likely N-dealkylation sites (tertiary alicyclic amines) is 1. The number of hydrogen-bond donors (Lipinski definition) is 0. The van der Waals surface area contributed by atoms with Gasteiger partial charge in [0.1, 0.15) is 0 Å². The number of nitrogens with zero attached hydrogens (tertiary/aromatic N) is 2. The Hall–Kier alpha value is -3.45. The fourth-order valence-electron chi connectivity index (χ4n) is 4.43. The Balaban J connectivity index is 1.26. The predicted octanol–water partition coefficient (Wildman–Crippen LogP) is 4.05. The lowest BCUT2D eigenvalue weighted by Gasteiger charge is -2.32. The molecule has 0 saturated carbocycles. The van der Waals surface area contributed by atoms with Crippen LogP contribution in [0.2, 0.25) is 0 Å². The third kappa shape index (κ3) is 4.43. The lowest BCUT2D eigenvalue weighted by molar-refractivity contribution is -0.133. The minimum Gasteiger partial charge on any atom is -0.419 e. The fraction of sp³-hybridized carbons (Fsp3) is 0.320. The molecule has 0 atom stereocenters. The van der Waals surface area contributed by atoms with E-state index in [4.69, 9.17) is 14.0 Å². The molecule has 1 aromatic heterocycles. The molecular formula is C25H24N2O5. The highest BCUT2D eigenvalue weighted by Crippen LogP contribution is 2.39. The van der Waals surface area contributed by atoms with E-state index in [-0.39, 0.29) is 11.5 Å². The van der Waals surface area contributed by atoms with Gasteiger partial charge in [0.15, 0.2) is 17.1 Å². The molecule has 3 aromatic rings. The number of piperidine rings is 1. The number of aromatic nitrogens is 1. The normalized spacial score (nSPS) is 18.5. The predicted molar refractivity (Wildman–Crippen MR) is 117 cm³/mol. The molecule has 0 spiro atoms. The van der Waals surface area contributed by atoms with Crippen LogP contribution in [0.25, 0.3) is 11.0 Å². The standard InChI is InChI=1S/C25H24N2O5/c28-22-10-11-23(29)31-25-21(30-22)9-8-20-24(25)19(26-32-20)7-6-17-12-14-27(15-13-17)16-18-4-2-1-3-5-18/h1-5,8-11,17H,6-7,12-16H2/b11-10-. The number of aryl methyl sites for hydroxylation is 1. The lowest BCUT2D eigenvalue weighted by Crippen LogP contribution is -2.33. The molecule has 0 bridgehead atoms. The first kappa shape index (κ1) is 20.5. The Morgan fingerprint density at radius 3 is 2.47 bits per heavy atom. The number of fused-ring (bicyclic) bond motifs is 3. The average Bonchev–Trinajstić information content (AvgIpc) is 3.22. The van der Waals surface area contributed by atoms with Crippen LogP contribution in [0, 0.1) is 5.92 Å². The van der Waals surface area contributed by atoms with Gasteiger partial charge in [-0.3, -0.25) is 4.90 Å². The van der Waals surface area contributed by atoms with Crippen LogP contribution < -0.4 is 9.47 Å². The molecule has 0 unspecified atom stereocenters. The van der Waals surface area contributed by atoms with Gasteiger partial charge in [0, 0.05) is 18.7 Å². The van der Waals surface area contributed by atoms with Crippen molar-refractivity contribution in [2.75, 3.05) is 13.1 Å². The van der Waals surface area contributed by atoms with Crippen LogP contribution in [0.3, 0.4) is 0 Å². The van der Waals surface area contributed by atoms with Crippen molar-refractivity contribution in [3.63, 3.8) is 0 Å². The zero-order valence-electron chi connectivity index (χ0n) is 17.7. The second-order valence-corrected chi connectivity index (χ2v) is 8.31. The average molecular weight is 432 g/mol. The van der Waals surface area contributed by atoms with Crippen LogP contribution in [0.15, 0.2) is 59.1 Å². The molecule has 32 heavy (non-hydrogen) atoms. The van der Waals surface area contributed by atoms with Gasteiger partial charge >= 0.3 is 11.9 Å². The third-order valence-corrected chi connectivity index (χ3v) is 6.14. The minimum absolute atomic E-state index is 0.193. The van der Waals surface area contributed by atoms with E-state index in [1.165, 1.54) is 5.56 Å². The van der Waals surface area contributed by atoms with E-state index in [1.807, 2.05) is 6.07 Å². The molecule has 0 aliphatic carbocycles. The third-order valence-electron chi connectivity index (χ3n) is 6.14. The summed E-state index contributed by atoms with van der Waals surface area (Å²) in [7, 11) is 0. The van der Waals surface area contributed by atoms with Crippen LogP contribution in [0.5, 0.6) is 11.5 Å². The van der Waals surface area contributed by atoms with Gasteiger partial charge in [-0.15, -0.1) is 0 Å². The highest BCUT2D eigenvalue weighted by atomic mass is 16.6. The first-order valence-electron chi connectivity index (χ1n) is 10.9. The molecule has 2 aliphatic rings. The summed E-state index contributed by atoms with van der Waals surface area (Å²) in [5.74, 6) is -0.267. The van der Waals surface area contributed by atoms with E-state index >= 15 is 0 Å². The Kier molecular flexibility index (Phi) is 5.73. The van der Waals surface area contributed by atoms with Gasteiger partial charge in [0.2, 0.25) is 0 Å². The zero-order chi connectivity index (χ0) is 21.9. The van der Waals surface area contributed by atoms with Gasteiger partial charge in [0.05, 0.1) is 11.1 Å². The van der Waals surface area contributed by atoms with Crippen molar-refractivity contribution in [2.45, 2.75) is 32.2 Å². The topological polar surface area (TPSA) is 81.9 Å². The number of ether oxygens (including phenoxy) is 2. The van der Waals surface area contributed by atoms with Gasteiger partial charge in [-0.2, -0.15) is 0 Å². The molecule has 2 aliphatic heterocycles. The molecule has 1 fully saturated rings. The number of hydrogen-bond acceptors (Lipinski definition) is 7. The maximum Gasteiger partial charge on any atom is 0.336 e. The summed E-state index contributed by atoms with van der Waals surface area (Å²) >= 11 is 0. The van der Waals surface area contributed by atoms with Crippen molar-refractivity contribution in [3.8, 4) is 11.5 Å². The monoisotopic (exact) mass is 432 g/mol. The Labute approximate surface area is 185 Å². The molecule has 0 amide bonds. The number of rotatable bonds is 5. The second kappa shape index (κ2) is 8.96. The van der Waals surface area contributed by atoms with Gasteiger partial charge in [-0.25, -0.2) is 9.59 Å². The van der Waals surface area contributed by atoms with Crippen molar-refractivity contribution in [1.29, 1.82) is 0 Å². The molecule has 1 saturated heterocycles. The number of esters is 2. The molecule has 2 aromatic carbocycles. The molecule has 7 heteroatoms. The van der Waals surface area contributed by atoms with E-state index in [0.717, 1.165) is 56.7 Å². The van der Waals surface area contributed by atoms with Crippen molar-refractivity contribution >= 4 is 22.9 Å². The number of benzene rings is 2. The largest absolute Gasteiger partial charge is 0.419 e. The molecule has 0 radical (unpaired) electrons. The van der Waals surface area contributed by atoms with Crippen LogP contribution in [0.1, 0.15) is 30.5 Å². The zero-order valence-corrected chi connectivity index (χ0v) is 17.7. The van der Waals surface area contributed by atoms with E-state index in [2.05, 4.69) is 34.3 Å². The van der Waals surface area contributed by atoms with Crippen LogP contribution >= 0.6 is 0 Å². The summed E-state index contributed by atoms with van der Waals surface area (Å²) in [5.41, 5.74) is 2.57. The smallest absolute Gasteiger partial charge is 0.336 e. The lowest BCUT2D eigenvalue weighted by atomic mass is 9.91. The minimum atomic E-state index is -0.631. The van der Waals surface area contributed by atoms with Gasteiger partial charge in [-0.1, -0.05) is 35.5 Å². The van der Waals surface area contributed by atoms with Crippen molar-refractivity contribution in [3.05, 3.63) is 65.9 Å². The molecule has 3 heterocycles. The first-order valence-corrected chi connectivity index (χ1v) is 10.9. The van der Waals surface area contributed by atoms with E-state index < -0.39 is 11.9 Å². The van der Waals surface area contributed by atoms with Crippen LogP contribution in [0.4, 0.5) is 0 Å². The SMILES string of the molecule is O=C1/C=C\C(=O)Oc2c(ccc3onc(CCC4CCN(Cc5ccccc5)CC4)c23)O1. The maximum absolute atomic E-state index is 12.0. The van der Waals surface area contributed by atoms with E-state index in [9.17, 15) is 9.59 Å². The summed E-state index contributed by atoms with van der Waals surface area (Å²) in [6.07, 6.45) is 6.05. The molecule has 7 nitrogen and oxygen atoms in total. The van der Waals surface area contributed by atoms with E-state index in [0.29, 0.717) is 23.3 Å². The Bertz CT molecular complexity index is 1160. The molecule has 5 rings (SSSR count). The summed E-state index contributed by atoms with van der Waals surface area (Å²) in [5, 5.41) is 4.82. The van der Waals surface area contributed by atoms with Crippen LogP contribution in [-0.4, -0.2) is 35.1 Å². The summed E-state index contributed by atoms with van der Waals surface area (Å²) in [6.45, 7) is 3.15. The Morgan fingerprint density at radius 1 is 0.938 bits per heavy atom. The maximum atomic E-state index is 12.0. The van der Waals surface area contributed by atoms with Gasteiger partial charge in [0.25, 0.3) is 0 Å². The second-order valence-electron chi connectivity index (χ2n) is 8.31. The summed E-state index contributed by atoms with van der Waals surface area (Å²) < 4.78 is 16.2. The quantitative estimate of drug-likeness (QED) is 0.444. The van der Waals surface area contributed by atoms with Crippen molar-refractivity contribution in [1.82, 2.24) is 10.1 Å². The number of carbonyl (C=O) groups is 2. The fourth-order valence-corrected chi connectivity index (χ4v) is 4.43.